The number of piperidine rings is 1. The Kier molecular flexibility index (Phi) is 7.65. The molecule has 10 heteroatoms. The molecule has 4 rings (SSSR count). The van der Waals surface area contributed by atoms with E-state index in [1.54, 1.807) is 0 Å². The van der Waals surface area contributed by atoms with E-state index in [9.17, 15) is 22.0 Å². The number of aromatic nitrogens is 1. The molecular weight excluding hydrogens is 488 g/mol. The van der Waals surface area contributed by atoms with Crippen LogP contribution in [0.3, 0.4) is 0 Å². The number of anilines is 1. The standard InChI is InChI=1S/C26H27F2N3O4S/c1-3-18-4-9-22(10-5-18)29-26(32)20-12-14-31(15-13-20)36(33,34)25-17(2)30-35-24(25)11-7-19-6-8-21(27)16-23(19)28/h4-11,16,20H,3,12-15H2,1-2H3,(H,29,32)/b11-7+. The molecule has 1 fully saturated rings. The Balaban J connectivity index is 1.44. The third-order valence-electron chi connectivity index (χ3n) is 6.26. The van der Waals surface area contributed by atoms with Crippen molar-refractivity contribution >= 4 is 33.8 Å². The first kappa shape index (κ1) is 25.7. The van der Waals surface area contributed by atoms with Gasteiger partial charge < -0.3 is 9.84 Å². The minimum Gasteiger partial charge on any atom is -0.355 e. The highest BCUT2D eigenvalue weighted by atomic mass is 32.2. The van der Waals surface area contributed by atoms with Crippen molar-refractivity contribution in [3.05, 3.63) is 76.7 Å². The molecule has 7 nitrogen and oxygen atoms in total. The molecule has 1 aromatic heterocycles. The highest BCUT2D eigenvalue weighted by Crippen LogP contribution is 2.30. The lowest BCUT2D eigenvalue weighted by Crippen LogP contribution is -2.41. The van der Waals surface area contributed by atoms with Gasteiger partial charge in [-0.15, -0.1) is 0 Å². The number of sulfonamides is 1. The van der Waals surface area contributed by atoms with Gasteiger partial charge >= 0.3 is 0 Å². The Morgan fingerprint density at radius 3 is 2.47 bits per heavy atom. The van der Waals surface area contributed by atoms with Gasteiger partial charge in [-0.25, -0.2) is 17.2 Å². The second-order valence-corrected chi connectivity index (χ2v) is 10.6. The van der Waals surface area contributed by atoms with E-state index in [1.165, 1.54) is 35.0 Å². The van der Waals surface area contributed by atoms with Gasteiger partial charge in [-0.3, -0.25) is 4.79 Å². The number of benzene rings is 2. The lowest BCUT2D eigenvalue weighted by molar-refractivity contribution is -0.120. The van der Waals surface area contributed by atoms with Crippen molar-refractivity contribution in [1.82, 2.24) is 9.46 Å². The second kappa shape index (κ2) is 10.7. The smallest absolute Gasteiger partial charge is 0.248 e. The van der Waals surface area contributed by atoms with Crippen molar-refractivity contribution in [1.29, 1.82) is 0 Å². The molecule has 0 bridgehead atoms. The summed E-state index contributed by atoms with van der Waals surface area (Å²) >= 11 is 0. The SMILES string of the molecule is CCc1ccc(NC(=O)C2CCN(S(=O)(=O)c3c(C)noc3/C=C/c3ccc(F)cc3F)CC2)cc1. The average Bonchev–Trinajstić information content (AvgIpc) is 3.25. The number of nitrogens with one attached hydrogen (secondary N) is 1. The number of hydrogen-bond donors (Lipinski definition) is 1. The summed E-state index contributed by atoms with van der Waals surface area (Å²) in [7, 11) is -3.98. The molecule has 0 spiro atoms. The zero-order valence-corrected chi connectivity index (χ0v) is 20.8. The van der Waals surface area contributed by atoms with Crippen LogP contribution in [0.2, 0.25) is 0 Å². The summed E-state index contributed by atoms with van der Waals surface area (Å²) in [4.78, 5) is 12.6. The number of nitrogens with zero attached hydrogens (tertiary/aromatic N) is 2. The number of amides is 1. The predicted octanol–water partition coefficient (Wildman–Crippen LogP) is 5.03. The normalized spacial score (nSPS) is 15.4. The first-order chi connectivity index (χ1) is 17.2. The van der Waals surface area contributed by atoms with E-state index in [0.717, 1.165) is 18.6 Å². The number of halogens is 2. The summed E-state index contributed by atoms with van der Waals surface area (Å²) < 4.78 is 60.4. The quantitative estimate of drug-likeness (QED) is 0.476. The zero-order valence-electron chi connectivity index (χ0n) is 20.0. The van der Waals surface area contributed by atoms with Crippen LogP contribution in [-0.4, -0.2) is 36.9 Å². The van der Waals surface area contributed by atoms with Crippen LogP contribution >= 0.6 is 0 Å². The molecule has 1 aliphatic rings. The van der Waals surface area contributed by atoms with Crippen molar-refractivity contribution in [3.8, 4) is 0 Å². The maximum Gasteiger partial charge on any atom is 0.248 e. The molecule has 36 heavy (non-hydrogen) atoms. The molecule has 1 amide bonds. The monoisotopic (exact) mass is 515 g/mol. The lowest BCUT2D eigenvalue weighted by Gasteiger charge is -2.30. The number of rotatable bonds is 7. The molecule has 2 aromatic carbocycles. The summed E-state index contributed by atoms with van der Waals surface area (Å²) in [5, 5.41) is 6.69. The number of carbonyl (C=O) groups is 1. The van der Waals surface area contributed by atoms with E-state index < -0.39 is 21.7 Å². The molecule has 1 saturated heterocycles. The van der Waals surface area contributed by atoms with E-state index >= 15 is 0 Å². The molecular formula is C26H27F2N3O4S. The van der Waals surface area contributed by atoms with Crippen molar-refractivity contribution in [2.45, 2.75) is 38.0 Å². The topological polar surface area (TPSA) is 92.5 Å². The first-order valence-corrected chi connectivity index (χ1v) is 13.1. The molecule has 1 N–H and O–H groups in total. The summed E-state index contributed by atoms with van der Waals surface area (Å²) in [5.74, 6) is -2.00. The van der Waals surface area contributed by atoms with Crippen LogP contribution in [0.15, 0.2) is 51.9 Å². The highest BCUT2D eigenvalue weighted by molar-refractivity contribution is 7.89. The Labute approximate surface area is 208 Å². The van der Waals surface area contributed by atoms with Gasteiger partial charge in [0.2, 0.25) is 15.9 Å². The fourth-order valence-electron chi connectivity index (χ4n) is 4.16. The van der Waals surface area contributed by atoms with E-state index in [1.807, 2.05) is 24.3 Å². The maximum absolute atomic E-state index is 14.0. The minimum atomic E-state index is -3.98. The largest absolute Gasteiger partial charge is 0.355 e. The van der Waals surface area contributed by atoms with Crippen molar-refractivity contribution in [2.24, 2.45) is 5.92 Å². The van der Waals surface area contributed by atoms with Crippen LogP contribution in [0.4, 0.5) is 14.5 Å². The summed E-state index contributed by atoms with van der Waals surface area (Å²) in [6.45, 7) is 3.89. The van der Waals surface area contributed by atoms with Crippen LogP contribution in [-0.2, 0) is 21.2 Å². The summed E-state index contributed by atoms with van der Waals surface area (Å²) in [6, 6.07) is 10.7. The Bertz CT molecular complexity index is 1380. The van der Waals surface area contributed by atoms with Gasteiger partial charge in [0.15, 0.2) is 10.7 Å². The van der Waals surface area contributed by atoms with Gasteiger partial charge in [-0.05, 0) is 68.2 Å². The highest BCUT2D eigenvalue weighted by Gasteiger charge is 2.36. The fraction of sp³-hybridized carbons (Fsp3) is 0.308. The molecule has 1 aliphatic heterocycles. The van der Waals surface area contributed by atoms with Crippen molar-refractivity contribution < 1.29 is 26.5 Å². The van der Waals surface area contributed by atoms with Gasteiger partial charge in [-0.2, -0.15) is 4.31 Å². The van der Waals surface area contributed by atoms with E-state index in [2.05, 4.69) is 17.4 Å². The van der Waals surface area contributed by atoms with E-state index in [-0.39, 0.29) is 46.8 Å². The Hall–Kier alpha value is -3.37. The third-order valence-corrected chi connectivity index (χ3v) is 8.32. The number of carbonyl (C=O) groups excluding carboxylic acids is 1. The van der Waals surface area contributed by atoms with Crippen molar-refractivity contribution in [2.75, 3.05) is 18.4 Å². The Morgan fingerprint density at radius 2 is 1.83 bits per heavy atom. The Morgan fingerprint density at radius 1 is 1.14 bits per heavy atom. The van der Waals surface area contributed by atoms with Gasteiger partial charge in [0.1, 0.15) is 17.3 Å². The van der Waals surface area contributed by atoms with Gasteiger partial charge in [0.05, 0.1) is 0 Å². The molecule has 0 atom stereocenters. The van der Waals surface area contributed by atoms with E-state index in [4.69, 9.17) is 4.52 Å². The van der Waals surface area contributed by atoms with Crippen molar-refractivity contribution in [3.63, 3.8) is 0 Å². The van der Waals surface area contributed by atoms with Gasteiger partial charge in [-0.1, -0.05) is 24.2 Å². The van der Waals surface area contributed by atoms with Gasteiger partial charge in [0, 0.05) is 36.3 Å². The molecule has 0 unspecified atom stereocenters. The van der Waals surface area contributed by atoms with Crippen LogP contribution in [0.25, 0.3) is 12.2 Å². The van der Waals surface area contributed by atoms with Crippen LogP contribution < -0.4 is 5.32 Å². The molecule has 0 aliphatic carbocycles. The average molecular weight is 516 g/mol. The lowest BCUT2D eigenvalue weighted by atomic mass is 9.97. The minimum absolute atomic E-state index is 0.0494. The van der Waals surface area contributed by atoms with Crippen LogP contribution in [0.1, 0.15) is 42.3 Å². The van der Waals surface area contributed by atoms with Crippen LogP contribution in [0.5, 0.6) is 0 Å². The predicted molar refractivity (Wildman–Crippen MR) is 132 cm³/mol. The second-order valence-electron chi connectivity index (χ2n) is 8.68. The fourth-order valence-corrected chi connectivity index (χ4v) is 5.88. The number of hydrogen-bond acceptors (Lipinski definition) is 5. The summed E-state index contributed by atoms with van der Waals surface area (Å²) in [5.41, 5.74) is 2.13. The third kappa shape index (κ3) is 5.55. The first-order valence-electron chi connectivity index (χ1n) is 11.7. The maximum atomic E-state index is 14.0. The molecule has 0 saturated carbocycles. The zero-order chi connectivity index (χ0) is 25.9. The van der Waals surface area contributed by atoms with Gasteiger partial charge in [0.25, 0.3) is 0 Å². The summed E-state index contributed by atoms with van der Waals surface area (Å²) in [6.07, 6.45) is 4.25. The molecule has 2 heterocycles. The number of aryl methyl sites for hydroxylation is 2. The molecule has 3 aromatic rings. The van der Waals surface area contributed by atoms with E-state index in [0.29, 0.717) is 18.5 Å². The van der Waals surface area contributed by atoms with Crippen LogP contribution in [0, 0.1) is 24.5 Å². The molecule has 190 valence electrons. The molecule has 0 radical (unpaired) electrons.